The first-order chi connectivity index (χ1) is 9.94. The number of hydrogen-bond acceptors (Lipinski definition) is 3. The van der Waals surface area contributed by atoms with Crippen LogP contribution in [0.25, 0.3) is 0 Å². The number of aliphatic hydroxyl groups is 1. The Morgan fingerprint density at radius 3 is 2.38 bits per heavy atom. The smallest absolute Gasteiger partial charge is 0.138 e. The van der Waals surface area contributed by atoms with Gasteiger partial charge in [0.1, 0.15) is 17.4 Å². The van der Waals surface area contributed by atoms with Gasteiger partial charge in [-0.05, 0) is 37.6 Å². The molecule has 3 nitrogen and oxygen atoms in total. The molecule has 21 heavy (non-hydrogen) atoms. The highest BCUT2D eigenvalue weighted by Crippen LogP contribution is 2.22. The van der Waals surface area contributed by atoms with Crippen molar-refractivity contribution in [1.82, 2.24) is 4.98 Å². The molecule has 0 bridgehead atoms. The van der Waals surface area contributed by atoms with Gasteiger partial charge < -0.3 is 9.84 Å². The zero-order valence-electron chi connectivity index (χ0n) is 11.9. The summed E-state index contributed by atoms with van der Waals surface area (Å²) in [5, 5.41) is 10.2. The van der Waals surface area contributed by atoms with E-state index in [1.54, 1.807) is 12.3 Å². The van der Waals surface area contributed by atoms with E-state index >= 15 is 0 Å². The quantitative estimate of drug-likeness (QED) is 0.918. The summed E-state index contributed by atoms with van der Waals surface area (Å²) in [6.07, 6.45) is 2.25. The Morgan fingerprint density at radius 1 is 1.10 bits per heavy atom. The standard InChI is InChI=1S/C16H17F2NO2/c1-10(2)21-15-6-12(8-19-9-15)16(20)5-11-3-13(17)7-14(18)4-11/h3-4,6-10,16,20H,5H2,1-2H3. The Hall–Kier alpha value is -2.01. The van der Waals surface area contributed by atoms with Gasteiger partial charge in [0.25, 0.3) is 0 Å². The number of halogens is 2. The van der Waals surface area contributed by atoms with Gasteiger partial charge in [-0.15, -0.1) is 0 Å². The molecule has 0 fully saturated rings. The fourth-order valence-electron chi connectivity index (χ4n) is 2.02. The molecular weight excluding hydrogens is 276 g/mol. The van der Waals surface area contributed by atoms with Crippen LogP contribution in [0.4, 0.5) is 8.78 Å². The number of pyridine rings is 1. The first kappa shape index (κ1) is 15.4. The lowest BCUT2D eigenvalue weighted by Gasteiger charge is -2.14. The topological polar surface area (TPSA) is 42.4 Å². The van der Waals surface area contributed by atoms with E-state index in [-0.39, 0.29) is 12.5 Å². The maximum Gasteiger partial charge on any atom is 0.138 e. The molecule has 1 aromatic heterocycles. The minimum atomic E-state index is -0.908. The lowest BCUT2D eigenvalue weighted by molar-refractivity contribution is 0.176. The molecule has 1 N–H and O–H groups in total. The SMILES string of the molecule is CC(C)Oc1cncc(C(O)Cc2cc(F)cc(F)c2)c1. The van der Waals surface area contributed by atoms with Gasteiger partial charge in [-0.1, -0.05) is 0 Å². The second kappa shape index (κ2) is 6.63. The lowest BCUT2D eigenvalue weighted by Crippen LogP contribution is -2.08. The normalized spacial score (nSPS) is 12.5. The van der Waals surface area contributed by atoms with Crippen LogP contribution in [0.3, 0.4) is 0 Å². The Kier molecular flexibility index (Phi) is 4.85. The van der Waals surface area contributed by atoms with Crippen molar-refractivity contribution in [2.75, 3.05) is 0 Å². The molecule has 0 aliphatic rings. The second-order valence-corrected chi connectivity index (χ2v) is 5.12. The van der Waals surface area contributed by atoms with Crippen LogP contribution in [0.1, 0.15) is 31.1 Å². The minimum absolute atomic E-state index is 0.00323. The molecule has 1 aromatic carbocycles. The van der Waals surface area contributed by atoms with E-state index in [9.17, 15) is 13.9 Å². The van der Waals surface area contributed by atoms with E-state index in [2.05, 4.69) is 4.98 Å². The monoisotopic (exact) mass is 293 g/mol. The predicted octanol–water partition coefficient (Wildman–Crippen LogP) is 3.42. The molecule has 0 radical (unpaired) electrons. The first-order valence-corrected chi connectivity index (χ1v) is 6.68. The summed E-state index contributed by atoms with van der Waals surface area (Å²) in [6, 6.07) is 4.88. The van der Waals surface area contributed by atoms with Gasteiger partial charge in [-0.25, -0.2) is 8.78 Å². The van der Waals surface area contributed by atoms with E-state index in [1.165, 1.54) is 18.3 Å². The molecule has 1 heterocycles. The molecule has 5 heteroatoms. The third-order valence-corrected chi connectivity index (χ3v) is 2.84. The van der Waals surface area contributed by atoms with Crippen molar-refractivity contribution >= 4 is 0 Å². The number of ether oxygens (including phenoxy) is 1. The maximum atomic E-state index is 13.1. The molecule has 0 saturated heterocycles. The summed E-state index contributed by atoms with van der Waals surface area (Å²) in [4.78, 5) is 4.00. The Bertz CT molecular complexity index is 597. The van der Waals surface area contributed by atoms with E-state index in [4.69, 9.17) is 4.74 Å². The van der Waals surface area contributed by atoms with Crippen LogP contribution >= 0.6 is 0 Å². The third kappa shape index (κ3) is 4.49. The lowest BCUT2D eigenvalue weighted by atomic mass is 10.0. The summed E-state index contributed by atoms with van der Waals surface area (Å²) < 4.78 is 31.8. The summed E-state index contributed by atoms with van der Waals surface area (Å²) in [7, 11) is 0. The van der Waals surface area contributed by atoms with Gasteiger partial charge in [0.15, 0.2) is 0 Å². The molecule has 1 atom stereocenters. The third-order valence-electron chi connectivity index (χ3n) is 2.84. The van der Waals surface area contributed by atoms with E-state index < -0.39 is 17.7 Å². The summed E-state index contributed by atoms with van der Waals surface area (Å²) >= 11 is 0. The van der Waals surface area contributed by atoms with Gasteiger partial charge in [0.05, 0.1) is 18.4 Å². The molecule has 0 aliphatic heterocycles. The number of nitrogens with zero attached hydrogens (tertiary/aromatic N) is 1. The molecule has 2 rings (SSSR count). The van der Waals surface area contributed by atoms with Crippen LogP contribution < -0.4 is 4.74 Å². The van der Waals surface area contributed by atoms with E-state index in [1.807, 2.05) is 13.8 Å². The highest BCUT2D eigenvalue weighted by Gasteiger charge is 2.12. The molecule has 112 valence electrons. The molecule has 0 amide bonds. The van der Waals surface area contributed by atoms with Gasteiger partial charge in [-0.3, -0.25) is 4.98 Å². The molecule has 0 aliphatic carbocycles. The van der Waals surface area contributed by atoms with E-state index in [0.717, 1.165) is 6.07 Å². The maximum absolute atomic E-state index is 13.1. The Labute approximate surface area is 122 Å². The summed E-state index contributed by atoms with van der Waals surface area (Å²) in [5.74, 6) is -0.772. The van der Waals surface area contributed by atoms with Crippen LogP contribution in [-0.2, 0) is 6.42 Å². The van der Waals surface area contributed by atoms with Crippen LogP contribution in [0.15, 0.2) is 36.7 Å². The van der Waals surface area contributed by atoms with Crippen molar-refractivity contribution in [2.24, 2.45) is 0 Å². The van der Waals surface area contributed by atoms with Crippen molar-refractivity contribution in [2.45, 2.75) is 32.5 Å². The number of aromatic nitrogens is 1. The number of benzene rings is 1. The number of rotatable bonds is 5. The average Bonchev–Trinajstić information content (AvgIpc) is 2.36. The Balaban J connectivity index is 2.14. The highest BCUT2D eigenvalue weighted by atomic mass is 19.1. The fourth-order valence-corrected chi connectivity index (χ4v) is 2.02. The molecule has 1 unspecified atom stereocenters. The minimum Gasteiger partial charge on any atom is -0.489 e. The molecule has 0 saturated carbocycles. The van der Waals surface area contributed by atoms with Crippen LogP contribution in [-0.4, -0.2) is 16.2 Å². The first-order valence-electron chi connectivity index (χ1n) is 6.68. The summed E-state index contributed by atoms with van der Waals surface area (Å²) in [5.41, 5.74) is 0.924. The van der Waals surface area contributed by atoms with Crippen LogP contribution in [0.2, 0.25) is 0 Å². The second-order valence-electron chi connectivity index (χ2n) is 5.12. The van der Waals surface area contributed by atoms with Crippen molar-refractivity contribution in [3.05, 3.63) is 59.4 Å². The Morgan fingerprint density at radius 2 is 1.76 bits per heavy atom. The average molecular weight is 293 g/mol. The fraction of sp³-hybridized carbons (Fsp3) is 0.312. The number of hydrogen-bond donors (Lipinski definition) is 1. The zero-order valence-corrected chi connectivity index (χ0v) is 11.9. The van der Waals surface area contributed by atoms with Gasteiger partial charge in [0, 0.05) is 24.2 Å². The predicted molar refractivity (Wildman–Crippen MR) is 75.0 cm³/mol. The molecule has 0 spiro atoms. The van der Waals surface area contributed by atoms with E-state index in [0.29, 0.717) is 16.9 Å². The number of aliphatic hydroxyl groups excluding tert-OH is 1. The largest absolute Gasteiger partial charge is 0.489 e. The molecular formula is C16H17F2NO2. The zero-order chi connectivity index (χ0) is 15.4. The van der Waals surface area contributed by atoms with Crippen molar-refractivity contribution in [1.29, 1.82) is 0 Å². The highest BCUT2D eigenvalue weighted by molar-refractivity contribution is 5.27. The summed E-state index contributed by atoms with van der Waals surface area (Å²) in [6.45, 7) is 3.78. The molecule has 2 aromatic rings. The van der Waals surface area contributed by atoms with Crippen molar-refractivity contribution < 1.29 is 18.6 Å². The van der Waals surface area contributed by atoms with Gasteiger partial charge >= 0.3 is 0 Å². The van der Waals surface area contributed by atoms with Crippen molar-refractivity contribution in [3.8, 4) is 5.75 Å². The van der Waals surface area contributed by atoms with Crippen LogP contribution in [0.5, 0.6) is 5.75 Å². The van der Waals surface area contributed by atoms with Crippen LogP contribution in [0, 0.1) is 11.6 Å². The van der Waals surface area contributed by atoms with Gasteiger partial charge in [-0.2, -0.15) is 0 Å². The van der Waals surface area contributed by atoms with Crippen molar-refractivity contribution in [3.63, 3.8) is 0 Å². The van der Waals surface area contributed by atoms with Gasteiger partial charge in [0.2, 0.25) is 0 Å².